The van der Waals surface area contributed by atoms with E-state index in [0.717, 1.165) is 21.8 Å². The van der Waals surface area contributed by atoms with Crippen molar-refractivity contribution in [1.29, 1.82) is 0 Å². The molecule has 0 bridgehead atoms. The number of carbonyl (C=O) groups excluding carboxylic acids is 1. The SMILES string of the molecule is CCOC(=O)c1csc(Cc2ccc(-c3cn[nH]n3)cc2)n1. The van der Waals surface area contributed by atoms with Gasteiger partial charge in [-0.1, -0.05) is 24.3 Å². The minimum atomic E-state index is -0.369. The third kappa shape index (κ3) is 3.20. The molecular weight excluding hydrogens is 300 g/mol. The first kappa shape index (κ1) is 14.4. The quantitative estimate of drug-likeness (QED) is 0.732. The van der Waals surface area contributed by atoms with Crippen molar-refractivity contribution in [2.24, 2.45) is 0 Å². The summed E-state index contributed by atoms with van der Waals surface area (Å²) in [6.07, 6.45) is 2.37. The Kier molecular flexibility index (Phi) is 4.24. The van der Waals surface area contributed by atoms with Gasteiger partial charge in [-0.25, -0.2) is 9.78 Å². The van der Waals surface area contributed by atoms with E-state index in [9.17, 15) is 4.79 Å². The Bertz CT molecular complexity index is 750. The van der Waals surface area contributed by atoms with Gasteiger partial charge in [0.05, 0.1) is 17.8 Å². The summed E-state index contributed by atoms with van der Waals surface area (Å²) in [5.41, 5.74) is 3.31. The van der Waals surface area contributed by atoms with Crippen LogP contribution in [0.3, 0.4) is 0 Å². The molecule has 0 aliphatic carbocycles. The predicted octanol–water partition coefficient (Wildman–Crippen LogP) is 2.70. The van der Waals surface area contributed by atoms with Gasteiger partial charge in [-0.05, 0) is 12.5 Å². The number of rotatable bonds is 5. The third-order valence-corrected chi connectivity index (χ3v) is 3.91. The average molecular weight is 314 g/mol. The summed E-state index contributed by atoms with van der Waals surface area (Å²) in [6, 6.07) is 8.03. The largest absolute Gasteiger partial charge is 0.461 e. The molecule has 3 rings (SSSR count). The van der Waals surface area contributed by atoms with Crippen LogP contribution in [-0.4, -0.2) is 33.0 Å². The lowest BCUT2D eigenvalue weighted by atomic mass is 10.1. The molecule has 0 aliphatic heterocycles. The van der Waals surface area contributed by atoms with E-state index in [1.165, 1.54) is 11.3 Å². The van der Waals surface area contributed by atoms with E-state index in [-0.39, 0.29) is 5.97 Å². The minimum Gasteiger partial charge on any atom is -0.461 e. The monoisotopic (exact) mass is 314 g/mol. The maximum absolute atomic E-state index is 11.6. The topological polar surface area (TPSA) is 80.8 Å². The van der Waals surface area contributed by atoms with Gasteiger partial charge >= 0.3 is 5.97 Å². The highest BCUT2D eigenvalue weighted by Crippen LogP contribution is 2.19. The lowest BCUT2D eigenvalue weighted by molar-refractivity contribution is 0.0520. The van der Waals surface area contributed by atoms with E-state index in [1.807, 2.05) is 24.3 Å². The number of nitrogens with one attached hydrogen (secondary N) is 1. The molecule has 7 heteroatoms. The van der Waals surface area contributed by atoms with E-state index in [4.69, 9.17) is 4.74 Å². The number of hydrogen-bond acceptors (Lipinski definition) is 6. The molecule has 1 aromatic carbocycles. The Labute approximate surface area is 131 Å². The zero-order valence-corrected chi connectivity index (χ0v) is 12.8. The number of carbonyl (C=O) groups is 1. The van der Waals surface area contributed by atoms with Gasteiger partial charge in [0.15, 0.2) is 5.69 Å². The highest BCUT2D eigenvalue weighted by atomic mass is 32.1. The number of H-pyrrole nitrogens is 1. The highest BCUT2D eigenvalue weighted by Gasteiger charge is 2.11. The van der Waals surface area contributed by atoms with Crippen LogP contribution in [0.25, 0.3) is 11.3 Å². The van der Waals surface area contributed by atoms with E-state index in [1.54, 1.807) is 18.5 Å². The van der Waals surface area contributed by atoms with Gasteiger partial charge in [0.25, 0.3) is 0 Å². The normalized spacial score (nSPS) is 10.6. The second-order valence-electron chi connectivity index (χ2n) is 4.58. The van der Waals surface area contributed by atoms with Crippen molar-refractivity contribution in [2.75, 3.05) is 6.61 Å². The van der Waals surface area contributed by atoms with E-state index in [2.05, 4.69) is 20.4 Å². The predicted molar refractivity (Wildman–Crippen MR) is 82.7 cm³/mol. The molecule has 0 unspecified atom stereocenters. The van der Waals surface area contributed by atoms with Gasteiger partial charge in [0.2, 0.25) is 0 Å². The molecule has 1 N–H and O–H groups in total. The summed E-state index contributed by atoms with van der Waals surface area (Å²) in [5.74, 6) is -0.369. The number of aromatic amines is 1. The van der Waals surface area contributed by atoms with Gasteiger partial charge in [-0.15, -0.1) is 11.3 Å². The Balaban J connectivity index is 1.70. The smallest absolute Gasteiger partial charge is 0.357 e. The summed E-state index contributed by atoms with van der Waals surface area (Å²) < 4.78 is 4.94. The van der Waals surface area contributed by atoms with Crippen LogP contribution >= 0.6 is 11.3 Å². The fraction of sp³-hybridized carbons (Fsp3) is 0.200. The molecule has 0 spiro atoms. The fourth-order valence-corrected chi connectivity index (χ4v) is 2.80. The average Bonchev–Trinajstić information content (AvgIpc) is 3.19. The molecule has 2 aromatic heterocycles. The Morgan fingerprint density at radius 2 is 2.14 bits per heavy atom. The number of aromatic nitrogens is 4. The van der Waals surface area contributed by atoms with Gasteiger partial charge in [-0.2, -0.15) is 15.4 Å². The fourth-order valence-electron chi connectivity index (χ4n) is 2.00. The van der Waals surface area contributed by atoms with Gasteiger partial charge in [0, 0.05) is 17.4 Å². The number of ether oxygens (including phenoxy) is 1. The Morgan fingerprint density at radius 3 is 2.82 bits per heavy atom. The molecule has 22 heavy (non-hydrogen) atoms. The Hall–Kier alpha value is -2.54. The summed E-state index contributed by atoms with van der Waals surface area (Å²) in [4.78, 5) is 15.9. The summed E-state index contributed by atoms with van der Waals surface area (Å²) in [6.45, 7) is 2.14. The van der Waals surface area contributed by atoms with Gasteiger partial charge in [0.1, 0.15) is 5.69 Å². The highest BCUT2D eigenvalue weighted by molar-refractivity contribution is 7.09. The van der Waals surface area contributed by atoms with Crippen molar-refractivity contribution in [1.82, 2.24) is 20.4 Å². The minimum absolute atomic E-state index is 0.356. The molecule has 0 saturated heterocycles. The number of nitrogens with zero attached hydrogens (tertiary/aromatic N) is 3. The Morgan fingerprint density at radius 1 is 1.32 bits per heavy atom. The van der Waals surface area contributed by atoms with Crippen LogP contribution < -0.4 is 0 Å². The lowest BCUT2D eigenvalue weighted by Crippen LogP contribution is -2.05. The summed E-state index contributed by atoms with van der Waals surface area (Å²) in [5, 5.41) is 13.1. The molecule has 0 fully saturated rings. The van der Waals surface area contributed by atoms with Gasteiger partial charge in [-0.3, -0.25) is 0 Å². The number of benzene rings is 1. The van der Waals surface area contributed by atoms with Crippen LogP contribution in [0.5, 0.6) is 0 Å². The van der Waals surface area contributed by atoms with Crippen molar-refractivity contribution in [3.8, 4) is 11.3 Å². The first-order chi connectivity index (χ1) is 10.8. The van der Waals surface area contributed by atoms with Crippen LogP contribution in [0.1, 0.15) is 28.0 Å². The molecule has 0 amide bonds. The maximum atomic E-state index is 11.6. The van der Waals surface area contributed by atoms with Crippen LogP contribution in [0.15, 0.2) is 35.8 Å². The van der Waals surface area contributed by atoms with Gasteiger partial charge < -0.3 is 4.74 Å². The molecule has 2 heterocycles. The molecule has 0 aliphatic rings. The molecular formula is C15H14N4O2S. The van der Waals surface area contributed by atoms with E-state index in [0.29, 0.717) is 18.7 Å². The number of hydrogen-bond donors (Lipinski definition) is 1. The van der Waals surface area contributed by atoms with Crippen molar-refractivity contribution >= 4 is 17.3 Å². The second kappa shape index (κ2) is 6.48. The third-order valence-electron chi connectivity index (χ3n) is 3.06. The molecule has 0 radical (unpaired) electrons. The molecule has 3 aromatic rings. The first-order valence-corrected chi connectivity index (χ1v) is 7.71. The number of esters is 1. The van der Waals surface area contributed by atoms with Crippen LogP contribution in [-0.2, 0) is 11.2 Å². The van der Waals surface area contributed by atoms with Crippen molar-refractivity contribution in [2.45, 2.75) is 13.3 Å². The molecule has 0 atom stereocenters. The summed E-state index contributed by atoms with van der Waals surface area (Å²) in [7, 11) is 0. The van der Waals surface area contributed by atoms with Crippen molar-refractivity contribution < 1.29 is 9.53 Å². The van der Waals surface area contributed by atoms with Crippen LogP contribution in [0.4, 0.5) is 0 Å². The van der Waals surface area contributed by atoms with Crippen molar-refractivity contribution in [3.05, 3.63) is 52.1 Å². The first-order valence-electron chi connectivity index (χ1n) is 6.83. The summed E-state index contributed by atoms with van der Waals surface area (Å²) >= 11 is 1.46. The van der Waals surface area contributed by atoms with Crippen molar-refractivity contribution in [3.63, 3.8) is 0 Å². The van der Waals surface area contributed by atoms with Crippen LogP contribution in [0.2, 0.25) is 0 Å². The lowest BCUT2D eigenvalue weighted by Gasteiger charge is -2.00. The second-order valence-corrected chi connectivity index (χ2v) is 5.52. The maximum Gasteiger partial charge on any atom is 0.357 e. The van der Waals surface area contributed by atoms with Crippen LogP contribution in [0, 0.1) is 0 Å². The molecule has 0 saturated carbocycles. The van der Waals surface area contributed by atoms with E-state index < -0.39 is 0 Å². The molecule has 6 nitrogen and oxygen atoms in total. The zero-order chi connectivity index (χ0) is 15.4. The number of thiazole rings is 1. The van der Waals surface area contributed by atoms with E-state index >= 15 is 0 Å². The molecule has 112 valence electrons. The zero-order valence-electron chi connectivity index (χ0n) is 11.9. The standard InChI is InChI=1S/C15H14N4O2S/c1-2-21-15(20)13-9-22-14(17-13)7-10-3-5-11(6-4-10)12-8-16-19-18-12/h3-6,8-9H,2,7H2,1H3,(H,16,18,19).